The van der Waals surface area contributed by atoms with E-state index in [0.29, 0.717) is 17.6 Å². The molecule has 0 spiro atoms. The number of fused-ring (bicyclic) bond motifs is 14. The molecule has 0 saturated carbocycles. The third-order valence-electron chi connectivity index (χ3n) is 14.9. The molecule has 4 aromatic heterocycles. The number of benzene rings is 10. The summed E-state index contributed by atoms with van der Waals surface area (Å²) < 4.78 is 7.28. The molecule has 15 rings (SSSR count). The number of hydrogen-bond acceptors (Lipinski definition) is 3. The number of nitrogens with zero attached hydrogens (tertiary/aromatic N) is 6. The van der Waals surface area contributed by atoms with E-state index in [-0.39, 0.29) is 5.92 Å². The van der Waals surface area contributed by atoms with Gasteiger partial charge in [0.1, 0.15) is 0 Å². The van der Waals surface area contributed by atoms with E-state index in [1.54, 1.807) is 0 Å². The molecule has 0 N–H and O–H groups in total. The maximum absolute atomic E-state index is 5.33. The summed E-state index contributed by atoms with van der Waals surface area (Å²) in [5.41, 5.74) is 17.5. The third kappa shape index (κ3) is 5.98. The van der Waals surface area contributed by atoms with Gasteiger partial charge in [-0.1, -0.05) is 194 Å². The smallest absolute Gasteiger partial charge is 0.238 e. The second-order valence-corrected chi connectivity index (χ2v) is 18.7. The van der Waals surface area contributed by atoms with Crippen molar-refractivity contribution < 1.29 is 0 Å². The zero-order valence-corrected chi connectivity index (χ0v) is 38.5. The summed E-state index contributed by atoms with van der Waals surface area (Å²) in [5, 5.41) is 7.28. The van der Waals surface area contributed by atoms with Gasteiger partial charge in [0.2, 0.25) is 5.95 Å². The molecule has 6 heteroatoms. The van der Waals surface area contributed by atoms with Crippen molar-refractivity contribution in [2.24, 2.45) is 0 Å². The van der Waals surface area contributed by atoms with Crippen LogP contribution in [0.3, 0.4) is 0 Å². The van der Waals surface area contributed by atoms with E-state index in [0.717, 1.165) is 45.3 Å². The van der Waals surface area contributed by atoms with E-state index in [1.807, 2.05) is 36.4 Å². The highest BCUT2D eigenvalue weighted by Gasteiger charge is 2.31. The lowest BCUT2D eigenvalue weighted by molar-refractivity contribution is 0.793. The lowest BCUT2D eigenvalue weighted by atomic mass is 9.75. The van der Waals surface area contributed by atoms with Crippen LogP contribution >= 0.6 is 0 Å². The fraction of sp³-hybridized carbons (Fsp3) is 0.0308. The Labute approximate surface area is 409 Å². The van der Waals surface area contributed by atoms with Crippen LogP contribution in [0.15, 0.2) is 237 Å². The maximum atomic E-state index is 5.33. The molecule has 4 heterocycles. The number of aromatic nitrogens is 6. The van der Waals surface area contributed by atoms with Crippen molar-refractivity contribution in [2.75, 3.05) is 0 Å². The average Bonchev–Trinajstić information content (AvgIpc) is 4.10. The van der Waals surface area contributed by atoms with Crippen molar-refractivity contribution in [3.05, 3.63) is 253 Å². The number of rotatable bonds is 6. The molecule has 0 saturated heterocycles. The Balaban J connectivity index is 0.967. The second kappa shape index (κ2) is 15.6. The first kappa shape index (κ1) is 39.6. The van der Waals surface area contributed by atoms with Crippen LogP contribution in [0, 0.1) is 0 Å². The van der Waals surface area contributed by atoms with Crippen molar-refractivity contribution in [1.82, 2.24) is 28.7 Å². The van der Waals surface area contributed by atoms with Gasteiger partial charge >= 0.3 is 0 Å². The summed E-state index contributed by atoms with van der Waals surface area (Å²) in [6.07, 6.45) is 0.783. The van der Waals surface area contributed by atoms with Gasteiger partial charge in [0.05, 0.1) is 33.1 Å². The minimum Gasteiger partial charge on any atom is -0.307 e. The molecule has 1 unspecified atom stereocenters. The fourth-order valence-corrected chi connectivity index (χ4v) is 11.8. The lowest BCUT2D eigenvalue weighted by Gasteiger charge is -2.29. The fourth-order valence-electron chi connectivity index (χ4n) is 11.8. The van der Waals surface area contributed by atoms with E-state index < -0.39 is 0 Å². The Bertz CT molecular complexity index is 4370. The van der Waals surface area contributed by atoms with E-state index >= 15 is 0 Å². The first-order chi connectivity index (χ1) is 35.2. The monoisotopic (exact) mass is 906 g/mol. The summed E-state index contributed by atoms with van der Waals surface area (Å²) in [6.45, 7) is 0. The highest BCUT2D eigenvalue weighted by Crippen LogP contribution is 2.48. The van der Waals surface area contributed by atoms with Crippen molar-refractivity contribution in [3.63, 3.8) is 0 Å². The van der Waals surface area contributed by atoms with Gasteiger partial charge < -0.3 is 9.13 Å². The summed E-state index contributed by atoms with van der Waals surface area (Å²) in [5.74, 6) is 1.92. The normalized spacial score (nSPS) is 13.4. The van der Waals surface area contributed by atoms with Crippen molar-refractivity contribution in [1.29, 1.82) is 0 Å². The average molecular weight is 907 g/mol. The van der Waals surface area contributed by atoms with Crippen molar-refractivity contribution in [3.8, 4) is 51.2 Å². The van der Waals surface area contributed by atoms with Gasteiger partial charge in [-0.25, -0.2) is 4.98 Å². The van der Waals surface area contributed by atoms with Crippen LogP contribution in [0.25, 0.3) is 117 Å². The number of para-hydroxylation sites is 4. The van der Waals surface area contributed by atoms with Gasteiger partial charge in [0.25, 0.3) is 0 Å². The summed E-state index contributed by atoms with van der Waals surface area (Å²) in [7, 11) is 0. The minimum absolute atomic E-state index is 0.0534. The highest BCUT2D eigenvalue weighted by atomic mass is 15.2. The standard InChI is InChI=1S/C65H42N6/c1-4-19-41(20-5-1)63-66-64(42-21-6-2-7-22-42)68-65(67-63)71-59-34-17-14-29-49(59)52-36-35-48-46-27-10-11-28-47(46)55(40-56(48)60(52)71)43-23-18-26-45(39-43)70-58-33-16-13-31-51(58)54-38-37-53-50-30-12-15-32-57(50)69(61(53)62(54)70)44-24-8-3-9-25-44/h1-39,55H,40H2. The van der Waals surface area contributed by atoms with Crippen LogP contribution in [0.2, 0.25) is 0 Å². The van der Waals surface area contributed by atoms with Gasteiger partial charge in [0, 0.05) is 60.7 Å². The molecule has 6 nitrogen and oxygen atoms in total. The van der Waals surface area contributed by atoms with Crippen LogP contribution < -0.4 is 0 Å². The minimum atomic E-state index is 0.0534. The van der Waals surface area contributed by atoms with E-state index in [9.17, 15) is 0 Å². The first-order valence-electron chi connectivity index (χ1n) is 24.4. The van der Waals surface area contributed by atoms with Crippen LogP contribution in [-0.2, 0) is 6.42 Å². The quantitative estimate of drug-likeness (QED) is 0.167. The molecule has 0 bridgehead atoms. The molecule has 0 aliphatic heterocycles. The topological polar surface area (TPSA) is 53.5 Å². The van der Waals surface area contributed by atoms with Gasteiger partial charge in [0.15, 0.2) is 11.6 Å². The first-order valence-corrected chi connectivity index (χ1v) is 24.4. The molecule has 10 aromatic carbocycles. The van der Waals surface area contributed by atoms with Gasteiger partial charge in [-0.05, 0) is 76.7 Å². The molecule has 71 heavy (non-hydrogen) atoms. The Morgan fingerprint density at radius 1 is 0.338 bits per heavy atom. The summed E-state index contributed by atoms with van der Waals surface area (Å²) in [4.78, 5) is 15.7. The Morgan fingerprint density at radius 3 is 1.44 bits per heavy atom. The van der Waals surface area contributed by atoms with Crippen LogP contribution in [0.1, 0.15) is 22.6 Å². The molecule has 0 fully saturated rings. The molecule has 0 radical (unpaired) electrons. The maximum Gasteiger partial charge on any atom is 0.238 e. The van der Waals surface area contributed by atoms with Crippen LogP contribution in [-0.4, -0.2) is 28.7 Å². The zero-order chi connectivity index (χ0) is 46.6. The molecule has 332 valence electrons. The third-order valence-corrected chi connectivity index (χ3v) is 14.9. The van der Waals surface area contributed by atoms with Crippen LogP contribution in [0.5, 0.6) is 0 Å². The summed E-state index contributed by atoms with van der Waals surface area (Å²) in [6, 6.07) is 85.3. The predicted octanol–water partition coefficient (Wildman–Crippen LogP) is 15.9. The van der Waals surface area contributed by atoms with Gasteiger partial charge in [-0.3, -0.25) is 4.57 Å². The summed E-state index contributed by atoms with van der Waals surface area (Å²) >= 11 is 0. The Hall–Kier alpha value is -9.39. The SMILES string of the molecule is c1ccc(-c2nc(-c3ccccc3)nc(-n3c4ccccc4c4ccc5c(c43)CC(c3cccc(-n4c6ccccc6c6ccc7c8ccccc8n(-c8ccccc8)c7c64)c3)c3ccccc3-5)n2)cc1. The zero-order valence-electron chi connectivity index (χ0n) is 38.5. The lowest BCUT2D eigenvalue weighted by Crippen LogP contribution is -2.15. The molecule has 1 atom stereocenters. The van der Waals surface area contributed by atoms with Crippen molar-refractivity contribution in [2.45, 2.75) is 12.3 Å². The van der Waals surface area contributed by atoms with E-state index in [2.05, 4.69) is 214 Å². The highest BCUT2D eigenvalue weighted by molar-refractivity contribution is 6.24. The van der Waals surface area contributed by atoms with Crippen LogP contribution in [0.4, 0.5) is 0 Å². The molecular formula is C65H42N6. The number of hydrogen-bond donors (Lipinski definition) is 0. The molecule has 1 aliphatic rings. The predicted molar refractivity (Wildman–Crippen MR) is 291 cm³/mol. The molecular weight excluding hydrogens is 865 g/mol. The van der Waals surface area contributed by atoms with E-state index in [1.165, 1.54) is 76.8 Å². The Morgan fingerprint density at radius 2 is 0.817 bits per heavy atom. The molecule has 1 aliphatic carbocycles. The Kier molecular flexibility index (Phi) is 8.68. The van der Waals surface area contributed by atoms with Gasteiger partial charge in [-0.15, -0.1) is 0 Å². The van der Waals surface area contributed by atoms with Gasteiger partial charge in [-0.2, -0.15) is 9.97 Å². The van der Waals surface area contributed by atoms with Crippen molar-refractivity contribution >= 4 is 65.4 Å². The van der Waals surface area contributed by atoms with E-state index in [4.69, 9.17) is 15.0 Å². The second-order valence-electron chi connectivity index (χ2n) is 18.7. The molecule has 14 aromatic rings. The largest absolute Gasteiger partial charge is 0.307 e. The molecule has 0 amide bonds.